The first kappa shape index (κ1) is 24.3. The van der Waals surface area contributed by atoms with Crippen molar-refractivity contribution in [3.8, 4) is 5.75 Å². The number of nitrogens with zero attached hydrogens (tertiary/aromatic N) is 2. The SMILES string of the molecule is CCNC(=NCCS(=O)(=O)CC)N(C)CCOc1ccc(Cl)cc1.I. The zero-order valence-corrected chi connectivity index (χ0v) is 18.8. The van der Waals surface area contributed by atoms with E-state index in [1.54, 1.807) is 19.1 Å². The highest BCUT2D eigenvalue weighted by Crippen LogP contribution is 2.15. The van der Waals surface area contributed by atoms with Crippen LogP contribution in [-0.4, -0.2) is 64.1 Å². The van der Waals surface area contributed by atoms with E-state index in [-0.39, 0.29) is 42.0 Å². The third-order valence-corrected chi connectivity index (χ3v) is 5.25. The predicted molar refractivity (Wildman–Crippen MR) is 115 cm³/mol. The smallest absolute Gasteiger partial charge is 0.193 e. The summed E-state index contributed by atoms with van der Waals surface area (Å²) in [5.74, 6) is 1.63. The number of sulfone groups is 1. The Hall–Kier alpha value is -0.740. The number of hydrogen-bond acceptors (Lipinski definition) is 4. The summed E-state index contributed by atoms with van der Waals surface area (Å²) in [5.41, 5.74) is 0. The number of ether oxygens (including phenoxy) is 1. The fourth-order valence-electron chi connectivity index (χ4n) is 1.84. The van der Waals surface area contributed by atoms with Gasteiger partial charge in [-0.2, -0.15) is 0 Å². The molecule has 0 atom stereocenters. The molecule has 0 aliphatic heterocycles. The minimum atomic E-state index is -3.00. The van der Waals surface area contributed by atoms with Crippen LogP contribution in [0.15, 0.2) is 29.3 Å². The molecule has 1 rings (SSSR count). The van der Waals surface area contributed by atoms with Crippen molar-refractivity contribution in [1.82, 2.24) is 10.2 Å². The summed E-state index contributed by atoms with van der Waals surface area (Å²) >= 11 is 5.83. The molecule has 0 spiro atoms. The van der Waals surface area contributed by atoms with Crippen LogP contribution in [0, 0.1) is 0 Å². The molecular weight excluding hydrogens is 477 g/mol. The van der Waals surface area contributed by atoms with Gasteiger partial charge in [-0.05, 0) is 31.2 Å². The van der Waals surface area contributed by atoms with E-state index < -0.39 is 9.84 Å². The molecule has 0 radical (unpaired) electrons. The molecule has 1 N–H and O–H groups in total. The minimum Gasteiger partial charge on any atom is -0.492 e. The van der Waals surface area contributed by atoms with E-state index in [9.17, 15) is 8.42 Å². The maximum atomic E-state index is 11.5. The van der Waals surface area contributed by atoms with Crippen LogP contribution < -0.4 is 10.1 Å². The number of hydrogen-bond donors (Lipinski definition) is 1. The lowest BCUT2D eigenvalue weighted by Crippen LogP contribution is -2.41. The van der Waals surface area contributed by atoms with Crippen molar-refractivity contribution in [2.45, 2.75) is 13.8 Å². The van der Waals surface area contributed by atoms with E-state index in [2.05, 4.69) is 10.3 Å². The molecule has 0 saturated carbocycles. The molecule has 1 aromatic carbocycles. The summed E-state index contributed by atoms with van der Waals surface area (Å²) in [4.78, 5) is 6.28. The molecule has 0 amide bonds. The maximum absolute atomic E-state index is 11.5. The number of rotatable bonds is 9. The first-order valence-corrected chi connectivity index (χ1v) is 10.2. The van der Waals surface area contributed by atoms with Crippen molar-refractivity contribution in [2.75, 3.05) is 44.8 Å². The van der Waals surface area contributed by atoms with Gasteiger partial charge in [-0.25, -0.2) is 8.42 Å². The molecule has 0 aliphatic carbocycles. The lowest BCUT2D eigenvalue weighted by atomic mass is 10.3. The van der Waals surface area contributed by atoms with Crippen molar-refractivity contribution >= 4 is 51.4 Å². The normalized spacial score (nSPS) is 11.6. The van der Waals surface area contributed by atoms with Gasteiger partial charge in [0, 0.05) is 24.4 Å². The van der Waals surface area contributed by atoms with E-state index in [0.29, 0.717) is 30.7 Å². The Balaban J connectivity index is 0.00000576. The quantitative estimate of drug-likeness (QED) is 0.319. The van der Waals surface area contributed by atoms with Gasteiger partial charge in [-0.15, -0.1) is 24.0 Å². The fraction of sp³-hybridized carbons (Fsp3) is 0.562. The number of halogens is 2. The maximum Gasteiger partial charge on any atom is 0.193 e. The second-order valence-electron chi connectivity index (χ2n) is 5.20. The standard InChI is InChI=1S/C16H26ClN3O3S.HI/c1-4-18-16(19-10-13-24(21,22)5-2)20(3)11-12-23-15-8-6-14(17)7-9-15;/h6-9H,4-5,10-13H2,1-3H3,(H,18,19);1H. The van der Waals surface area contributed by atoms with Crippen LogP contribution in [0.5, 0.6) is 5.75 Å². The van der Waals surface area contributed by atoms with Crippen molar-refractivity contribution < 1.29 is 13.2 Å². The predicted octanol–water partition coefficient (Wildman–Crippen LogP) is 2.67. The van der Waals surface area contributed by atoms with Gasteiger partial charge < -0.3 is 15.0 Å². The summed E-state index contributed by atoms with van der Waals surface area (Å²) in [5, 5.41) is 3.82. The molecule has 144 valence electrons. The van der Waals surface area contributed by atoms with Gasteiger partial charge in [0.15, 0.2) is 15.8 Å². The Morgan fingerprint density at radius 3 is 2.48 bits per heavy atom. The molecule has 0 aliphatic rings. The van der Waals surface area contributed by atoms with Crippen LogP contribution in [0.4, 0.5) is 0 Å². The molecule has 25 heavy (non-hydrogen) atoms. The van der Waals surface area contributed by atoms with Gasteiger partial charge in [0.05, 0.1) is 18.8 Å². The van der Waals surface area contributed by atoms with Crippen molar-refractivity contribution in [3.63, 3.8) is 0 Å². The number of nitrogens with one attached hydrogen (secondary N) is 1. The molecule has 0 aromatic heterocycles. The third-order valence-electron chi connectivity index (χ3n) is 3.31. The topological polar surface area (TPSA) is 71.0 Å². The van der Waals surface area contributed by atoms with E-state index in [0.717, 1.165) is 5.75 Å². The van der Waals surface area contributed by atoms with Crippen LogP contribution in [-0.2, 0) is 9.84 Å². The highest BCUT2D eigenvalue weighted by Gasteiger charge is 2.09. The van der Waals surface area contributed by atoms with Gasteiger partial charge in [0.1, 0.15) is 12.4 Å². The second kappa shape index (κ2) is 12.6. The van der Waals surface area contributed by atoms with Gasteiger partial charge in [-0.1, -0.05) is 18.5 Å². The summed E-state index contributed by atoms with van der Waals surface area (Å²) < 4.78 is 28.7. The Bertz CT molecular complexity index is 624. The summed E-state index contributed by atoms with van der Waals surface area (Å²) in [6.45, 7) is 5.67. The molecule has 1 aromatic rings. The number of likely N-dealkylation sites (N-methyl/N-ethyl adjacent to an activating group) is 1. The molecule has 0 heterocycles. The Labute approximate surface area is 172 Å². The molecule has 9 heteroatoms. The molecule has 0 bridgehead atoms. The van der Waals surface area contributed by atoms with Crippen LogP contribution in [0.25, 0.3) is 0 Å². The number of benzene rings is 1. The lowest BCUT2D eigenvalue weighted by molar-refractivity contribution is 0.281. The Kier molecular flexibility index (Phi) is 12.2. The average molecular weight is 504 g/mol. The van der Waals surface area contributed by atoms with E-state index in [4.69, 9.17) is 16.3 Å². The van der Waals surface area contributed by atoms with Gasteiger partial charge in [-0.3, -0.25) is 4.99 Å². The van der Waals surface area contributed by atoms with E-state index >= 15 is 0 Å². The van der Waals surface area contributed by atoms with Gasteiger partial charge >= 0.3 is 0 Å². The van der Waals surface area contributed by atoms with Crippen molar-refractivity contribution in [1.29, 1.82) is 0 Å². The van der Waals surface area contributed by atoms with Crippen LogP contribution in [0.2, 0.25) is 5.02 Å². The third kappa shape index (κ3) is 10.1. The molecule has 0 unspecified atom stereocenters. The molecule has 0 fully saturated rings. The lowest BCUT2D eigenvalue weighted by Gasteiger charge is -2.22. The number of guanidine groups is 1. The average Bonchev–Trinajstić information content (AvgIpc) is 2.55. The van der Waals surface area contributed by atoms with Crippen molar-refractivity contribution in [3.05, 3.63) is 29.3 Å². The van der Waals surface area contributed by atoms with Crippen molar-refractivity contribution in [2.24, 2.45) is 4.99 Å². The van der Waals surface area contributed by atoms with Crippen LogP contribution in [0.3, 0.4) is 0 Å². The largest absolute Gasteiger partial charge is 0.492 e. The molecular formula is C16H27ClIN3O3S. The van der Waals surface area contributed by atoms with E-state index in [1.807, 2.05) is 31.0 Å². The fourth-order valence-corrected chi connectivity index (χ4v) is 2.63. The van der Waals surface area contributed by atoms with Gasteiger partial charge in [0.2, 0.25) is 0 Å². The minimum absolute atomic E-state index is 0. The Morgan fingerprint density at radius 2 is 1.92 bits per heavy atom. The first-order chi connectivity index (χ1) is 11.4. The zero-order valence-electron chi connectivity index (χ0n) is 14.9. The monoisotopic (exact) mass is 503 g/mol. The second-order valence-corrected chi connectivity index (χ2v) is 8.11. The van der Waals surface area contributed by atoms with Crippen LogP contribution in [0.1, 0.15) is 13.8 Å². The highest BCUT2D eigenvalue weighted by atomic mass is 127. The summed E-state index contributed by atoms with van der Waals surface area (Å²) in [6.07, 6.45) is 0. The summed E-state index contributed by atoms with van der Waals surface area (Å²) in [6, 6.07) is 7.19. The molecule has 6 nitrogen and oxygen atoms in total. The van der Waals surface area contributed by atoms with Gasteiger partial charge in [0.25, 0.3) is 0 Å². The highest BCUT2D eigenvalue weighted by molar-refractivity contribution is 14.0. The molecule has 0 saturated heterocycles. The number of aliphatic imine (C=N–C) groups is 1. The Morgan fingerprint density at radius 1 is 1.28 bits per heavy atom. The summed E-state index contributed by atoms with van der Waals surface area (Å²) in [7, 11) is -1.11. The van der Waals surface area contributed by atoms with Crippen LogP contribution >= 0.6 is 35.6 Å². The van der Waals surface area contributed by atoms with E-state index in [1.165, 1.54) is 0 Å². The first-order valence-electron chi connectivity index (χ1n) is 7.96. The zero-order chi connectivity index (χ0) is 18.0.